The first kappa shape index (κ1) is 25.6. The molecule has 184 valence electrons. The molecule has 0 fully saturated rings. The fourth-order valence-corrected chi connectivity index (χ4v) is 4.07. The van der Waals surface area contributed by atoms with Gasteiger partial charge in [-0.25, -0.2) is 4.79 Å². The van der Waals surface area contributed by atoms with Gasteiger partial charge in [-0.1, -0.05) is 12.5 Å². The second-order valence-corrected chi connectivity index (χ2v) is 8.12. The molecule has 0 atom stereocenters. The van der Waals surface area contributed by atoms with Crippen molar-refractivity contribution in [2.24, 2.45) is 0 Å². The van der Waals surface area contributed by atoms with Gasteiger partial charge in [0.05, 0.1) is 20.3 Å². The Kier molecular flexibility index (Phi) is 10.2. The van der Waals surface area contributed by atoms with Crippen LogP contribution in [0.4, 0.5) is 0 Å². The summed E-state index contributed by atoms with van der Waals surface area (Å²) in [7, 11) is 3.19. The summed E-state index contributed by atoms with van der Waals surface area (Å²) in [6.45, 7) is 2.85. The molecule has 0 spiro atoms. The van der Waals surface area contributed by atoms with Gasteiger partial charge >= 0.3 is 5.97 Å². The third kappa shape index (κ3) is 6.97. The monoisotopic (exact) mass is 469 g/mol. The van der Waals surface area contributed by atoms with E-state index in [1.807, 2.05) is 31.3 Å². The molecular formula is C27H35NO6. The average Bonchev–Trinajstić information content (AvgIpc) is 2.86. The van der Waals surface area contributed by atoms with Crippen LogP contribution in [0.3, 0.4) is 0 Å². The van der Waals surface area contributed by atoms with Crippen LogP contribution in [-0.2, 0) is 27.1 Å². The molecular weight excluding hydrogens is 434 g/mol. The number of carbonyl (C=O) groups excluding carboxylic acids is 1. The van der Waals surface area contributed by atoms with Gasteiger partial charge in [0, 0.05) is 36.2 Å². The number of carbonyl (C=O) groups is 1. The number of hydrogen-bond acceptors (Lipinski definition) is 7. The second kappa shape index (κ2) is 13.6. The normalized spacial score (nSPS) is 13.1. The van der Waals surface area contributed by atoms with Crippen LogP contribution in [-0.4, -0.2) is 45.2 Å². The van der Waals surface area contributed by atoms with Gasteiger partial charge in [-0.05, 0) is 69.2 Å². The summed E-state index contributed by atoms with van der Waals surface area (Å²) in [5.74, 6) is 1.62. The molecule has 0 saturated heterocycles. The Bertz CT molecular complexity index is 957. The first-order chi connectivity index (χ1) is 16.7. The number of aromatic nitrogens is 1. The molecule has 1 aromatic heterocycles. The topological polar surface area (TPSA) is 76.1 Å². The van der Waals surface area contributed by atoms with E-state index < -0.39 is 0 Å². The highest BCUT2D eigenvalue weighted by Crippen LogP contribution is 2.44. The third-order valence-electron chi connectivity index (χ3n) is 5.68. The number of fused-ring (bicyclic) bond motifs is 1. The van der Waals surface area contributed by atoms with E-state index in [-0.39, 0.29) is 12.8 Å². The zero-order chi connectivity index (χ0) is 24.2. The Morgan fingerprint density at radius 2 is 2.09 bits per heavy atom. The van der Waals surface area contributed by atoms with Crippen LogP contribution in [0, 0.1) is 0 Å². The minimum atomic E-state index is -0.315. The Hall–Kier alpha value is -3.06. The minimum Gasteiger partial charge on any atom is -0.493 e. The summed E-state index contributed by atoms with van der Waals surface area (Å²) in [5, 5.41) is 0. The first-order valence-electron chi connectivity index (χ1n) is 11.9. The molecule has 0 aliphatic carbocycles. The van der Waals surface area contributed by atoms with E-state index in [0.29, 0.717) is 42.3 Å². The number of pyridine rings is 1. The van der Waals surface area contributed by atoms with Crippen molar-refractivity contribution in [3.05, 3.63) is 52.9 Å². The molecule has 1 aliphatic heterocycles. The highest BCUT2D eigenvalue weighted by atomic mass is 16.7. The van der Waals surface area contributed by atoms with Crippen LogP contribution in [0.5, 0.6) is 17.2 Å². The van der Waals surface area contributed by atoms with Crippen molar-refractivity contribution in [1.29, 1.82) is 0 Å². The van der Waals surface area contributed by atoms with E-state index in [1.165, 1.54) is 5.56 Å². The molecule has 7 nitrogen and oxygen atoms in total. The van der Waals surface area contributed by atoms with Crippen molar-refractivity contribution >= 4 is 12.0 Å². The summed E-state index contributed by atoms with van der Waals surface area (Å²) < 4.78 is 28.0. The maximum absolute atomic E-state index is 12.8. The van der Waals surface area contributed by atoms with Gasteiger partial charge in [-0.3, -0.25) is 4.98 Å². The van der Waals surface area contributed by atoms with Crippen LogP contribution in [0.15, 0.2) is 36.2 Å². The number of ether oxygens (including phenoxy) is 5. The SMILES string of the molecule is CCOC(=O)/C(=C/c1cc2c(c(OC)c1OCOC)CCCO2)CCCCCc1cccnc1. The molecule has 1 aromatic carbocycles. The fourth-order valence-electron chi connectivity index (χ4n) is 4.07. The number of nitrogens with zero attached hydrogens (tertiary/aromatic N) is 1. The number of esters is 1. The summed E-state index contributed by atoms with van der Waals surface area (Å²) in [4.78, 5) is 16.9. The maximum Gasteiger partial charge on any atom is 0.334 e. The largest absolute Gasteiger partial charge is 0.493 e. The zero-order valence-electron chi connectivity index (χ0n) is 20.4. The molecule has 0 unspecified atom stereocenters. The van der Waals surface area contributed by atoms with Gasteiger partial charge in [0.2, 0.25) is 0 Å². The first-order valence-corrected chi connectivity index (χ1v) is 11.9. The lowest BCUT2D eigenvalue weighted by atomic mass is 9.98. The van der Waals surface area contributed by atoms with Crippen molar-refractivity contribution < 1.29 is 28.5 Å². The summed E-state index contributed by atoms with van der Waals surface area (Å²) in [6.07, 6.45) is 11.8. The van der Waals surface area contributed by atoms with Crippen LogP contribution < -0.4 is 14.2 Å². The van der Waals surface area contributed by atoms with Gasteiger partial charge < -0.3 is 23.7 Å². The van der Waals surface area contributed by atoms with Crippen molar-refractivity contribution in [2.45, 2.75) is 51.9 Å². The lowest BCUT2D eigenvalue weighted by Crippen LogP contribution is -2.13. The lowest BCUT2D eigenvalue weighted by molar-refractivity contribution is -0.138. The highest BCUT2D eigenvalue weighted by Gasteiger charge is 2.24. The molecule has 0 saturated carbocycles. The van der Waals surface area contributed by atoms with Crippen molar-refractivity contribution in [2.75, 3.05) is 34.2 Å². The zero-order valence-corrected chi connectivity index (χ0v) is 20.4. The second-order valence-electron chi connectivity index (χ2n) is 8.12. The molecule has 34 heavy (non-hydrogen) atoms. The fraction of sp³-hybridized carbons (Fsp3) is 0.481. The van der Waals surface area contributed by atoms with Crippen molar-refractivity contribution in [3.8, 4) is 17.2 Å². The molecule has 2 heterocycles. The number of rotatable bonds is 13. The molecule has 0 bridgehead atoms. The van der Waals surface area contributed by atoms with Crippen LogP contribution in [0.1, 0.15) is 55.7 Å². The van der Waals surface area contributed by atoms with E-state index in [0.717, 1.165) is 49.8 Å². The highest BCUT2D eigenvalue weighted by molar-refractivity contribution is 5.94. The van der Waals surface area contributed by atoms with Crippen molar-refractivity contribution in [3.63, 3.8) is 0 Å². The molecule has 3 rings (SSSR count). The Balaban J connectivity index is 1.81. The standard InChI is InChI=1S/C27H35NO6/c1-4-32-27(29)21(12-7-5-6-10-20-11-8-14-28-18-20)16-22-17-24-23(13-9-15-33-24)26(31-3)25(22)34-19-30-2/h8,11,14,16-18H,4-7,9-10,12-13,15,19H2,1-3H3/b21-16+. The average molecular weight is 470 g/mol. The minimum absolute atomic E-state index is 0.0694. The quantitative estimate of drug-likeness (QED) is 0.174. The molecule has 7 heteroatoms. The smallest absolute Gasteiger partial charge is 0.334 e. The van der Waals surface area contributed by atoms with E-state index in [2.05, 4.69) is 11.1 Å². The van der Waals surface area contributed by atoms with Gasteiger partial charge in [0.25, 0.3) is 0 Å². The Morgan fingerprint density at radius 1 is 1.21 bits per heavy atom. The van der Waals surface area contributed by atoms with Crippen LogP contribution in [0.25, 0.3) is 6.08 Å². The van der Waals surface area contributed by atoms with Crippen LogP contribution in [0.2, 0.25) is 0 Å². The predicted octanol–water partition coefficient (Wildman–Crippen LogP) is 5.15. The van der Waals surface area contributed by atoms with Crippen LogP contribution >= 0.6 is 0 Å². The van der Waals surface area contributed by atoms with Gasteiger partial charge in [-0.2, -0.15) is 0 Å². The summed E-state index contributed by atoms with van der Waals surface area (Å²) in [6, 6.07) is 5.96. The number of hydrogen-bond donors (Lipinski definition) is 0. The molecule has 2 aromatic rings. The van der Waals surface area contributed by atoms with E-state index >= 15 is 0 Å². The predicted molar refractivity (Wildman–Crippen MR) is 130 cm³/mol. The van der Waals surface area contributed by atoms with E-state index in [9.17, 15) is 4.79 Å². The van der Waals surface area contributed by atoms with Gasteiger partial charge in [0.1, 0.15) is 5.75 Å². The molecule has 0 radical (unpaired) electrons. The van der Waals surface area contributed by atoms with E-state index in [1.54, 1.807) is 20.4 Å². The maximum atomic E-state index is 12.8. The Labute approximate surface area is 202 Å². The number of aryl methyl sites for hydroxylation is 1. The molecule has 0 N–H and O–H groups in total. The molecule has 1 aliphatic rings. The van der Waals surface area contributed by atoms with E-state index in [4.69, 9.17) is 23.7 Å². The number of unbranched alkanes of at least 4 members (excludes halogenated alkanes) is 2. The van der Waals surface area contributed by atoms with Gasteiger partial charge in [0.15, 0.2) is 18.3 Å². The van der Waals surface area contributed by atoms with Gasteiger partial charge in [-0.15, -0.1) is 0 Å². The Morgan fingerprint density at radius 3 is 2.82 bits per heavy atom. The summed E-state index contributed by atoms with van der Waals surface area (Å²) >= 11 is 0. The summed E-state index contributed by atoms with van der Waals surface area (Å²) in [5.41, 5.74) is 3.52. The number of benzene rings is 1. The third-order valence-corrected chi connectivity index (χ3v) is 5.68. The molecule has 0 amide bonds. The lowest BCUT2D eigenvalue weighted by Gasteiger charge is -2.23. The van der Waals surface area contributed by atoms with Crippen molar-refractivity contribution in [1.82, 2.24) is 4.98 Å². The number of methoxy groups -OCH3 is 2.